The van der Waals surface area contributed by atoms with Crippen molar-refractivity contribution < 1.29 is 0 Å². The molecule has 84 valence electrons. The minimum atomic E-state index is -0.431. The number of alkyl halides is 1. The summed E-state index contributed by atoms with van der Waals surface area (Å²) >= 11 is 11.8. The number of nitrogens with one attached hydrogen (secondary N) is 1. The first-order valence-corrected chi connectivity index (χ1v) is 5.47. The molecule has 1 aliphatic rings. The van der Waals surface area contributed by atoms with Crippen LogP contribution in [0.2, 0.25) is 5.02 Å². The standard InChI is InChI=1S/C10H10Cl2N4/c1-16-6-13-10(15-9(16)12)14-8-4-2-3-7(11)5-8/h2-6,9H,1H3,(H,14,15). The third-order valence-corrected chi connectivity index (χ3v) is 2.65. The molecule has 1 aromatic rings. The Bertz CT molecular complexity index is 444. The van der Waals surface area contributed by atoms with E-state index in [2.05, 4.69) is 15.3 Å². The molecule has 1 N–H and O–H groups in total. The van der Waals surface area contributed by atoms with Crippen LogP contribution in [0.5, 0.6) is 0 Å². The highest BCUT2D eigenvalue weighted by atomic mass is 35.5. The van der Waals surface area contributed by atoms with Crippen LogP contribution in [0, 0.1) is 0 Å². The monoisotopic (exact) mass is 256 g/mol. The van der Waals surface area contributed by atoms with E-state index in [4.69, 9.17) is 23.2 Å². The van der Waals surface area contributed by atoms with Gasteiger partial charge < -0.3 is 10.2 Å². The van der Waals surface area contributed by atoms with Crippen molar-refractivity contribution in [1.29, 1.82) is 0 Å². The minimum absolute atomic E-state index is 0.431. The highest BCUT2D eigenvalue weighted by Gasteiger charge is 2.12. The SMILES string of the molecule is CN1C=NC(Nc2cccc(Cl)c2)=NC1Cl. The second-order valence-corrected chi connectivity index (χ2v) is 4.14. The number of benzene rings is 1. The van der Waals surface area contributed by atoms with Gasteiger partial charge in [-0.1, -0.05) is 29.3 Å². The molecule has 6 heteroatoms. The van der Waals surface area contributed by atoms with Crippen molar-refractivity contribution in [3.8, 4) is 0 Å². The minimum Gasteiger partial charge on any atom is -0.331 e. The van der Waals surface area contributed by atoms with Crippen LogP contribution in [0.1, 0.15) is 0 Å². The summed E-state index contributed by atoms with van der Waals surface area (Å²) in [6, 6.07) is 7.32. The molecule has 1 atom stereocenters. The Kier molecular flexibility index (Phi) is 3.31. The van der Waals surface area contributed by atoms with E-state index in [0.29, 0.717) is 11.0 Å². The van der Waals surface area contributed by atoms with Crippen molar-refractivity contribution in [2.24, 2.45) is 9.98 Å². The van der Waals surface area contributed by atoms with Crippen LogP contribution >= 0.6 is 23.2 Å². The van der Waals surface area contributed by atoms with Crippen LogP contribution < -0.4 is 5.32 Å². The third-order valence-electron chi connectivity index (χ3n) is 2.01. The van der Waals surface area contributed by atoms with Gasteiger partial charge >= 0.3 is 0 Å². The molecule has 0 aliphatic carbocycles. The Labute approximate surface area is 104 Å². The summed E-state index contributed by atoms with van der Waals surface area (Å²) in [5.74, 6) is 0.473. The predicted molar refractivity (Wildman–Crippen MR) is 68.4 cm³/mol. The molecular formula is C10H10Cl2N4. The van der Waals surface area contributed by atoms with Crippen LogP contribution in [0.25, 0.3) is 0 Å². The summed E-state index contributed by atoms with van der Waals surface area (Å²) < 4.78 is 0. The number of rotatable bonds is 1. The lowest BCUT2D eigenvalue weighted by molar-refractivity contribution is 0.485. The summed E-state index contributed by atoms with van der Waals surface area (Å²) in [5, 5.41) is 3.69. The van der Waals surface area contributed by atoms with E-state index >= 15 is 0 Å². The van der Waals surface area contributed by atoms with Gasteiger partial charge in [-0.25, -0.2) is 9.98 Å². The molecule has 4 nitrogen and oxygen atoms in total. The molecule has 0 fully saturated rings. The maximum Gasteiger partial charge on any atom is 0.227 e. The molecular weight excluding hydrogens is 247 g/mol. The van der Waals surface area contributed by atoms with Gasteiger partial charge in [0.25, 0.3) is 0 Å². The molecule has 0 radical (unpaired) electrons. The number of anilines is 1. The third kappa shape index (κ3) is 2.65. The Balaban J connectivity index is 2.11. The van der Waals surface area contributed by atoms with Crippen LogP contribution in [-0.2, 0) is 0 Å². The molecule has 0 amide bonds. The molecule has 0 saturated carbocycles. The van der Waals surface area contributed by atoms with Gasteiger partial charge in [-0.3, -0.25) is 0 Å². The Morgan fingerprint density at radius 2 is 2.25 bits per heavy atom. The number of aliphatic imine (C=N–C) groups is 2. The van der Waals surface area contributed by atoms with Crippen LogP contribution in [0.3, 0.4) is 0 Å². The van der Waals surface area contributed by atoms with Crippen molar-refractivity contribution in [3.05, 3.63) is 29.3 Å². The van der Waals surface area contributed by atoms with E-state index in [1.807, 2.05) is 12.1 Å². The normalized spacial score (nSPS) is 19.6. The molecule has 0 saturated heterocycles. The summed E-state index contributed by atoms with van der Waals surface area (Å²) in [7, 11) is 1.81. The first kappa shape index (κ1) is 11.2. The fraction of sp³-hybridized carbons (Fsp3) is 0.200. The van der Waals surface area contributed by atoms with Gasteiger partial charge in [0.2, 0.25) is 11.6 Å². The fourth-order valence-corrected chi connectivity index (χ4v) is 1.52. The smallest absolute Gasteiger partial charge is 0.227 e. The van der Waals surface area contributed by atoms with Crippen LogP contribution in [-0.4, -0.2) is 29.9 Å². The van der Waals surface area contributed by atoms with Crippen LogP contribution in [0.4, 0.5) is 5.69 Å². The predicted octanol–water partition coefficient (Wildman–Crippen LogP) is 2.60. The number of halogens is 2. The number of hydrogen-bond acceptors (Lipinski definition) is 4. The molecule has 1 aliphatic heterocycles. The molecule has 0 aromatic heterocycles. The van der Waals surface area contributed by atoms with Gasteiger partial charge in [0.05, 0.1) is 6.34 Å². The van der Waals surface area contributed by atoms with Crippen molar-refractivity contribution in [2.75, 3.05) is 12.4 Å². The number of guanidine groups is 1. The molecule has 1 heterocycles. The quantitative estimate of drug-likeness (QED) is 0.620. The van der Waals surface area contributed by atoms with E-state index in [-0.39, 0.29) is 0 Å². The van der Waals surface area contributed by atoms with Gasteiger partial charge in [-0.2, -0.15) is 0 Å². The lowest BCUT2D eigenvalue weighted by Gasteiger charge is -2.21. The molecule has 1 aromatic carbocycles. The fourth-order valence-electron chi connectivity index (χ4n) is 1.19. The van der Waals surface area contributed by atoms with Crippen molar-refractivity contribution in [1.82, 2.24) is 4.90 Å². The summed E-state index contributed by atoms with van der Waals surface area (Å²) in [5.41, 5.74) is 0.399. The Morgan fingerprint density at radius 1 is 1.44 bits per heavy atom. The molecule has 0 spiro atoms. The first-order chi connectivity index (χ1) is 7.65. The summed E-state index contributed by atoms with van der Waals surface area (Å²) in [6.07, 6.45) is 1.62. The molecule has 0 bridgehead atoms. The number of nitrogens with zero attached hydrogens (tertiary/aromatic N) is 3. The van der Waals surface area contributed by atoms with Crippen molar-refractivity contribution in [3.63, 3.8) is 0 Å². The maximum absolute atomic E-state index is 5.94. The average Bonchev–Trinajstić information content (AvgIpc) is 2.24. The van der Waals surface area contributed by atoms with E-state index in [0.717, 1.165) is 5.69 Å². The van der Waals surface area contributed by atoms with Gasteiger partial charge in [0, 0.05) is 17.8 Å². The van der Waals surface area contributed by atoms with Gasteiger partial charge in [0.1, 0.15) is 0 Å². The molecule has 1 unspecified atom stereocenters. The highest BCUT2D eigenvalue weighted by molar-refractivity contribution is 6.31. The first-order valence-electron chi connectivity index (χ1n) is 4.66. The molecule has 16 heavy (non-hydrogen) atoms. The zero-order valence-electron chi connectivity index (χ0n) is 8.56. The van der Waals surface area contributed by atoms with E-state index < -0.39 is 5.62 Å². The summed E-state index contributed by atoms with van der Waals surface area (Å²) in [6.45, 7) is 0. The van der Waals surface area contributed by atoms with E-state index in [9.17, 15) is 0 Å². The zero-order chi connectivity index (χ0) is 11.5. The number of hydrogen-bond donors (Lipinski definition) is 1. The second-order valence-electron chi connectivity index (χ2n) is 3.31. The Morgan fingerprint density at radius 3 is 2.94 bits per heavy atom. The van der Waals surface area contributed by atoms with E-state index in [1.165, 1.54) is 0 Å². The maximum atomic E-state index is 5.94. The topological polar surface area (TPSA) is 40.0 Å². The summed E-state index contributed by atoms with van der Waals surface area (Å²) in [4.78, 5) is 9.94. The van der Waals surface area contributed by atoms with Gasteiger partial charge in [0.15, 0.2) is 0 Å². The van der Waals surface area contributed by atoms with Gasteiger partial charge in [-0.05, 0) is 18.2 Å². The van der Waals surface area contributed by atoms with Gasteiger partial charge in [-0.15, -0.1) is 0 Å². The average molecular weight is 257 g/mol. The lowest BCUT2D eigenvalue weighted by atomic mass is 10.3. The van der Waals surface area contributed by atoms with Crippen LogP contribution in [0.15, 0.2) is 34.3 Å². The largest absolute Gasteiger partial charge is 0.331 e. The lowest BCUT2D eigenvalue weighted by Crippen LogP contribution is -2.31. The van der Waals surface area contributed by atoms with E-state index in [1.54, 1.807) is 30.4 Å². The van der Waals surface area contributed by atoms with Crippen molar-refractivity contribution >= 4 is 41.2 Å². The Hall–Kier alpha value is -1.26. The zero-order valence-corrected chi connectivity index (χ0v) is 10.1. The highest BCUT2D eigenvalue weighted by Crippen LogP contribution is 2.16. The second kappa shape index (κ2) is 4.72. The molecule has 2 rings (SSSR count). The van der Waals surface area contributed by atoms with Crippen molar-refractivity contribution in [2.45, 2.75) is 5.62 Å².